The topological polar surface area (TPSA) is 98.4 Å². The van der Waals surface area contributed by atoms with Gasteiger partial charge in [-0.05, 0) is 43.7 Å². The number of aryl methyl sites for hydroxylation is 1. The number of aromatic nitrogens is 3. The quantitative estimate of drug-likeness (QED) is 0.602. The van der Waals surface area contributed by atoms with Gasteiger partial charge in [0.2, 0.25) is 0 Å². The maximum atomic E-state index is 13.3. The average Bonchev–Trinajstić information content (AvgIpc) is 3.36. The van der Waals surface area contributed by atoms with Crippen LogP contribution in [0.2, 0.25) is 0 Å². The number of amides is 2. The van der Waals surface area contributed by atoms with Gasteiger partial charge in [0.05, 0.1) is 40.9 Å². The number of nitriles is 1. The molecule has 0 saturated carbocycles. The van der Waals surface area contributed by atoms with Crippen LogP contribution in [-0.2, 0) is 12.6 Å². The van der Waals surface area contributed by atoms with Gasteiger partial charge >= 0.3 is 0 Å². The van der Waals surface area contributed by atoms with Gasteiger partial charge in [0, 0.05) is 51.2 Å². The lowest BCUT2D eigenvalue weighted by molar-refractivity contribution is 0.0730. The Kier molecular flexibility index (Phi) is 5.09. The molecule has 4 heterocycles. The van der Waals surface area contributed by atoms with Gasteiger partial charge in [-0.3, -0.25) is 19.5 Å². The van der Waals surface area contributed by atoms with Crippen molar-refractivity contribution in [2.24, 2.45) is 7.05 Å². The second kappa shape index (κ2) is 7.99. The van der Waals surface area contributed by atoms with Crippen LogP contribution in [0.1, 0.15) is 46.0 Å². The number of piperazine rings is 1. The summed E-state index contributed by atoms with van der Waals surface area (Å²) in [4.78, 5) is 40.4. The lowest BCUT2D eigenvalue weighted by atomic mass is 9.92. The van der Waals surface area contributed by atoms with E-state index in [0.717, 1.165) is 11.3 Å². The Balaban J connectivity index is 1.36. The molecule has 5 rings (SSSR count). The fraction of sp³-hybridized carbons (Fsp3) is 0.320. The van der Waals surface area contributed by atoms with Crippen LogP contribution in [0.15, 0.2) is 49.1 Å². The molecule has 2 aliphatic rings. The standard InChI is InChI=1S/C25H25N7O2/c1-25(2)21-12-17(14-26)4-5-20(21)23(33)32(25)19-13-18(15-27-16-19)30-8-10-31(11-9-30)24(34)22-28-6-7-29(22)3/h4-7,12-13,15-16H,8-11H2,1-3H3. The molecule has 0 unspecified atom stereocenters. The van der Waals surface area contributed by atoms with Gasteiger partial charge in [0.1, 0.15) is 0 Å². The fourth-order valence-corrected chi connectivity index (χ4v) is 4.83. The molecule has 0 radical (unpaired) electrons. The number of nitrogens with zero attached hydrogens (tertiary/aromatic N) is 7. The third kappa shape index (κ3) is 3.39. The number of imidazole rings is 1. The molecule has 0 spiro atoms. The fourth-order valence-electron chi connectivity index (χ4n) is 4.83. The summed E-state index contributed by atoms with van der Waals surface area (Å²) in [6, 6.07) is 9.33. The minimum atomic E-state index is -0.618. The van der Waals surface area contributed by atoms with Gasteiger partial charge in [-0.15, -0.1) is 0 Å². The Hall–Kier alpha value is -4.19. The minimum absolute atomic E-state index is 0.0714. The van der Waals surface area contributed by atoms with E-state index in [9.17, 15) is 14.9 Å². The molecule has 2 aromatic heterocycles. The van der Waals surface area contributed by atoms with Crippen molar-refractivity contribution in [2.75, 3.05) is 36.0 Å². The highest BCUT2D eigenvalue weighted by Gasteiger charge is 2.44. The van der Waals surface area contributed by atoms with Gasteiger partial charge < -0.3 is 14.4 Å². The molecule has 9 nitrogen and oxygen atoms in total. The van der Waals surface area contributed by atoms with Crippen molar-refractivity contribution in [3.63, 3.8) is 0 Å². The van der Waals surface area contributed by atoms with E-state index in [0.29, 0.717) is 48.8 Å². The van der Waals surface area contributed by atoms with Crippen LogP contribution >= 0.6 is 0 Å². The highest BCUT2D eigenvalue weighted by Crippen LogP contribution is 2.42. The third-order valence-corrected chi connectivity index (χ3v) is 6.71. The number of carbonyl (C=O) groups is 2. The smallest absolute Gasteiger partial charge is 0.289 e. The van der Waals surface area contributed by atoms with Gasteiger partial charge in [-0.1, -0.05) is 0 Å². The maximum absolute atomic E-state index is 13.3. The maximum Gasteiger partial charge on any atom is 0.289 e. The number of benzene rings is 1. The first-order chi connectivity index (χ1) is 16.3. The van der Waals surface area contributed by atoms with Crippen molar-refractivity contribution >= 4 is 23.2 Å². The number of hydrogen-bond donors (Lipinski definition) is 0. The molecular weight excluding hydrogens is 430 g/mol. The Morgan fingerprint density at radius 2 is 1.82 bits per heavy atom. The van der Waals surface area contributed by atoms with Crippen LogP contribution in [0.25, 0.3) is 0 Å². The van der Waals surface area contributed by atoms with Crippen molar-refractivity contribution in [3.8, 4) is 6.07 Å². The summed E-state index contributed by atoms with van der Waals surface area (Å²) in [7, 11) is 1.81. The van der Waals surface area contributed by atoms with Gasteiger partial charge in [0.15, 0.2) is 5.82 Å². The highest BCUT2D eigenvalue weighted by atomic mass is 16.2. The first kappa shape index (κ1) is 21.6. The lowest BCUT2D eigenvalue weighted by Gasteiger charge is -2.37. The van der Waals surface area contributed by atoms with Crippen molar-refractivity contribution in [1.82, 2.24) is 19.4 Å². The summed E-state index contributed by atoms with van der Waals surface area (Å²) in [5, 5.41) is 9.30. The lowest BCUT2D eigenvalue weighted by Crippen LogP contribution is -2.49. The molecule has 0 N–H and O–H groups in total. The van der Waals surface area contributed by atoms with Crippen LogP contribution < -0.4 is 9.80 Å². The highest BCUT2D eigenvalue weighted by molar-refractivity contribution is 6.12. The van der Waals surface area contributed by atoms with E-state index in [2.05, 4.69) is 20.9 Å². The number of carbonyl (C=O) groups excluding carboxylic acids is 2. The molecule has 172 valence electrons. The number of pyridine rings is 1. The van der Waals surface area contributed by atoms with Crippen molar-refractivity contribution in [3.05, 3.63) is 71.6 Å². The predicted octanol–water partition coefficient (Wildman–Crippen LogP) is 2.54. The molecular formula is C25H25N7O2. The molecule has 34 heavy (non-hydrogen) atoms. The van der Waals surface area contributed by atoms with Crippen molar-refractivity contribution < 1.29 is 9.59 Å². The third-order valence-electron chi connectivity index (χ3n) is 6.71. The van der Waals surface area contributed by atoms with Crippen LogP contribution in [-0.4, -0.2) is 57.4 Å². The van der Waals surface area contributed by atoms with Gasteiger partial charge in [-0.25, -0.2) is 4.98 Å². The zero-order chi connectivity index (χ0) is 24.0. The number of hydrogen-bond acceptors (Lipinski definition) is 6. The van der Waals surface area contributed by atoms with Crippen LogP contribution in [0.3, 0.4) is 0 Å². The number of anilines is 2. The van der Waals surface area contributed by atoms with E-state index in [1.807, 2.05) is 31.9 Å². The van der Waals surface area contributed by atoms with E-state index in [1.54, 1.807) is 52.5 Å². The van der Waals surface area contributed by atoms with Gasteiger partial charge in [-0.2, -0.15) is 5.26 Å². The Morgan fingerprint density at radius 3 is 2.50 bits per heavy atom. The molecule has 2 aliphatic heterocycles. The van der Waals surface area contributed by atoms with Crippen LogP contribution in [0.4, 0.5) is 11.4 Å². The molecule has 1 aromatic carbocycles. The zero-order valence-electron chi connectivity index (χ0n) is 19.4. The monoisotopic (exact) mass is 455 g/mol. The molecule has 1 fully saturated rings. The summed E-state index contributed by atoms with van der Waals surface area (Å²) < 4.78 is 1.73. The molecule has 9 heteroatoms. The summed E-state index contributed by atoms with van der Waals surface area (Å²) in [6.07, 6.45) is 6.87. The Morgan fingerprint density at radius 1 is 1.09 bits per heavy atom. The normalized spacial score (nSPS) is 17.0. The second-order valence-electron chi connectivity index (χ2n) is 9.11. The van der Waals surface area contributed by atoms with Crippen LogP contribution in [0, 0.1) is 11.3 Å². The molecule has 1 saturated heterocycles. The largest absolute Gasteiger partial charge is 0.367 e. The molecule has 3 aromatic rings. The van der Waals surface area contributed by atoms with E-state index in [1.165, 1.54) is 0 Å². The van der Waals surface area contributed by atoms with Gasteiger partial charge in [0.25, 0.3) is 11.8 Å². The van der Waals surface area contributed by atoms with E-state index >= 15 is 0 Å². The number of rotatable bonds is 3. The summed E-state index contributed by atoms with van der Waals surface area (Å²) in [6.45, 7) is 6.42. The van der Waals surface area contributed by atoms with E-state index in [4.69, 9.17) is 0 Å². The van der Waals surface area contributed by atoms with E-state index in [-0.39, 0.29) is 11.8 Å². The second-order valence-corrected chi connectivity index (χ2v) is 9.11. The first-order valence-electron chi connectivity index (χ1n) is 11.2. The first-order valence-corrected chi connectivity index (χ1v) is 11.2. The minimum Gasteiger partial charge on any atom is -0.367 e. The van der Waals surface area contributed by atoms with Crippen molar-refractivity contribution in [1.29, 1.82) is 5.26 Å². The molecule has 0 atom stereocenters. The summed E-state index contributed by atoms with van der Waals surface area (Å²) in [5.74, 6) is 0.262. The Bertz CT molecular complexity index is 1330. The van der Waals surface area contributed by atoms with E-state index < -0.39 is 5.54 Å². The molecule has 2 amide bonds. The molecule has 0 aliphatic carbocycles. The summed E-state index contributed by atoms with van der Waals surface area (Å²) in [5.41, 5.74) is 2.96. The SMILES string of the molecule is Cn1ccnc1C(=O)N1CCN(c2cncc(N3C(=O)c4ccc(C#N)cc4C3(C)C)c2)CC1. The Labute approximate surface area is 197 Å². The number of fused-ring (bicyclic) bond motifs is 1. The molecule has 0 bridgehead atoms. The zero-order valence-corrected chi connectivity index (χ0v) is 19.4. The summed E-state index contributed by atoms with van der Waals surface area (Å²) >= 11 is 0. The average molecular weight is 456 g/mol. The van der Waals surface area contributed by atoms with Crippen molar-refractivity contribution in [2.45, 2.75) is 19.4 Å². The van der Waals surface area contributed by atoms with Crippen LogP contribution in [0.5, 0.6) is 0 Å². The predicted molar refractivity (Wildman–Crippen MR) is 127 cm³/mol.